The van der Waals surface area contributed by atoms with E-state index in [4.69, 9.17) is 9.47 Å². The lowest BCUT2D eigenvalue weighted by Crippen LogP contribution is -2.60. The van der Waals surface area contributed by atoms with Gasteiger partial charge in [0.15, 0.2) is 0 Å². The minimum absolute atomic E-state index is 0.0729. The first-order chi connectivity index (χ1) is 9.13. The molecule has 5 heteroatoms. The fraction of sp³-hybridized carbons (Fsp3) is 0.571. The number of hydrogen-bond donors (Lipinski definition) is 1. The first kappa shape index (κ1) is 14.2. The van der Waals surface area contributed by atoms with E-state index in [1.807, 2.05) is 14.0 Å². The summed E-state index contributed by atoms with van der Waals surface area (Å²) in [6, 6.07) is 3.43. The number of benzene rings is 1. The van der Waals surface area contributed by atoms with E-state index in [1.165, 1.54) is 12.1 Å². The van der Waals surface area contributed by atoms with Crippen molar-refractivity contribution in [3.8, 4) is 5.75 Å². The predicted octanol–water partition coefficient (Wildman–Crippen LogP) is 2.50. The molecule has 19 heavy (non-hydrogen) atoms. The zero-order chi connectivity index (χ0) is 13.8. The summed E-state index contributed by atoms with van der Waals surface area (Å²) in [5.74, 6) is -1.06. The summed E-state index contributed by atoms with van der Waals surface area (Å²) in [5.41, 5.74) is 0. The molecule has 0 amide bonds. The number of hydrogen-bond acceptors (Lipinski definition) is 3. The van der Waals surface area contributed by atoms with E-state index in [2.05, 4.69) is 5.32 Å². The Balaban J connectivity index is 1.98. The molecule has 0 spiro atoms. The van der Waals surface area contributed by atoms with Crippen molar-refractivity contribution < 1.29 is 18.3 Å². The van der Waals surface area contributed by atoms with Crippen molar-refractivity contribution in [2.75, 3.05) is 13.7 Å². The molecule has 3 unspecified atom stereocenters. The van der Waals surface area contributed by atoms with Crippen LogP contribution in [-0.4, -0.2) is 31.9 Å². The van der Waals surface area contributed by atoms with E-state index >= 15 is 0 Å². The molecule has 1 fully saturated rings. The maximum absolute atomic E-state index is 13.1. The molecule has 3 nitrogen and oxygen atoms in total. The Morgan fingerprint density at radius 2 is 1.95 bits per heavy atom. The second kappa shape index (κ2) is 6.30. The molecule has 1 aromatic carbocycles. The van der Waals surface area contributed by atoms with E-state index in [1.54, 1.807) is 0 Å². The highest BCUT2D eigenvalue weighted by atomic mass is 19.1. The van der Waals surface area contributed by atoms with Gasteiger partial charge in [0.05, 0.1) is 0 Å². The summed E-state index contributed by atoms with van der Waals surface area (Å²) >= 11 is 0. The van der Waals surface area contributed by atoms with E-state index in [-0.39, 0.29) is 24.0 Å². The highest BCUT2D eigenvalue weighted by molar-refractivity contribution is 5.24. The SMILES string of the molecule is CCCOC1C(NC)CC1Oc1cc(F)cc(F)c1. The monoisotopic (exact) mass is 271 g/mol. The molecule has 1 N–H and O–H groups in total. The van der Waals surface area contributed by atoms with Crippen molar-refractivity contribution in [2.24, 2.45) is 0 Å². The molecule has 0 aliphatic heterocycles. The molecule has 0 saturated heterocycles. The molecule has 1 saturated carbocycles. The van der Waals surface area contributed by atoms with Crippen LogP contribution < -0.4 is 10.1 Å². The molecule has 106 valence electrons. The quantitative estimate of drug-likeness (QED) is 0.862. The van der Waals surface area contributed by atoms with Gasteiger partial charge in [-0.3, -0.25) is 0 Å². The van der Waals surface area contributed by atoms with Crippen molar-refractivity contribution in [1.29, 1.82) is 0 Å². The van der Waals surface area contributed by atoms with E-state index in [9.17, 15) is 8.78 Å². The van der Waals surface area contributed by atoms with Gasteiger partial charge < -0.3 is 14.8 Å². The summed E-state index contributed by atoms with van der Waals surface area (Å²) in [5, 5.41) is 3.15. The van der Waals surface area contributed by atoms with Gasteiger partial charge in [-0.2, -0.15) is 0 Å². The van der Waals surface area contributed by atoms with E-state index in [0.29, 0.717) is 6.61 Å². The van der Waals surface area contributed by atoms with Crippen LogP contribution in [0.4, 0.5) is 8.78 Å². The predicted molar refractivity (Wildman–Crippen MR) is 68.3 cm³/mol. The Morgan fingerprint density at radius 3 is 2.53 bits per heavy atom. The molecule has 0 radical (unpaired) electrons. The summed E-state index contributed by atoms with van der Waals surface area (Å²) in [6.45, 7) is 2.69. The lowest BCUT2D eigenvalue weighted by molar-refractivity contribution is -0.106. The van der Waals surface area contributed by atoms with Crippen molar-refractivity contribution in [2.45, 2.75) is 38.0 Å². The van der Waals surface area contributed by atoms with Gasteiger partial charge in [0.25, 0.3) is 0 Å². The Kier molecular flexibility index (Phi) is 4.71. The van der Waals surface area contributed by atoms with Crippen molar-refractivity contribution in [3.05, 3.63) is 29.8 Å². The maximum Gasteiger partial charge on any atom is 0.129 e. The topological polar surface area (TPSA) is 30.5 Å². The standard InChI is InChI=1S/C14H19F2NO2/c1-3-4-18-14-12(17-2)8-13(14)19-11-6-9(15)5-10(16)7-11/h5-7,12-14,17H,3-4,8H2,1-2H3. The molecular formula is C14H19F2NO2. The van der Waals surface area contributed by atoms with Crippen LogP contribution in [0.1, 0.15) is 19.8 Å². The number of ether oxygens (including phenoxy) is 2. The molecule has 0 heterocycles. The number of halogens is 2. The van der Waals surface area contributed by atoms with E-state index < -0.39 is 11.6 Å². The molecule has 3 atom stereocenters. The lowest BCUT2D eigenvalue weighted by atomic mass is 9.85. The second-order valence-corrected chi connectivity index (χ2v) is 4.73. The van der Waals surface area contributed by atoms with Gasteiger partial charge in [0.2, 0.25) is 0 Å². The lowest BCUT2D eigenvalue weighted by Gasteiger charge is -2.43. The molecule has 0 bridgehead atoms. The van der Waals surface area contributed by atoms with Gasteiger partial charge in [-0.25, -0.2) is 8.78 Å². The van der Waals surface area contributed by atoms with Crippen LogP contribution in [0, 0.1) is 11.6 Å². The summed E-state index contributed by atoms with van der Waals surface area (Å²) < 4.78 is 37.5. The summed E-state index contributed by atoms with van der Waals surface area (Å²) in [6.07, 6.45) is 1.46. The van der Waals surface area contributed by atoms with Crippen LogP contribution >= 0.6 is 0 Å². The normalized spacial score (nSPS) is 26.0. The number of likely N-dealkylation sites (N-methyl/N-ethyl adjacent to an activating group) is 1. The van der Waals surface area contributed by atoms with Gasteiger partial charge in [0, 0.05) is 37.3 Å². The maximum atomic E-state index is 13.1. The Labute approximate surface area is 111 Å². The third kappa shape index (κ3) is 3.42. The van der Waals surface area contributed by atoms with Crippen LogP contribution in [0.15, 0.2) is 18.2 Å². The summed E-state index contributed by atoms with van der Waals surface area (Å²) in [4.78, 5) is 0. The fourth-order valence-corrected chi connectivity index (χ4v) is 2.23. The first-order valence-corrected chi connectivity index (χ1v) is 6.55. The Bertz CT molecular complexity index is 408. The molecule has 1 aromatic rings. The highest BCUT2D eigenvalue weighted by Gasteiger charge is 2.43. The van der Waals surface area contributed by atoms with Gasteiger partial charge in [-0.1, -0.05) is 6.92 Å². The average molecular weight is 271 g/mol. The van der Waals surface area contributed by atoms with Crippen LogP contribution in [0.2, 0.25) is 0 Å². The van der Waals surface area contributed by atoms with Crippen LogP contribution in [-0.2, 0) is 4.74 Å². The van der Waals surface area contributed by atoms with Gasteiger partial charge in [0.1, 0.15) is 29.6 Å². The minimum atomic E-state index is -0.634. The van der Waals surface area contributed by atoms with Gasteiger partial charge in [-0.05, 0) is 13.5 Å². The summed E-state index contributed by atoms with van der Waals surface area (Å²) in [7, 11) is 1.87. The van der Waals surface area contributed by atoms with Gasteiger partial charge in [-0.15, -0.1) is 0 Å². The zero-order valence-electron chi connectivity index (χ0n) is 11.2. The van der Waals surface area contributed by atoms with Crippen molar-refractivity contribution in [1.82, 2.24) is 5.32 Å². The average Bonchev–Trinajstić information content (AvgIpc) is 2.33. The number of nitrogens with one attached hydrogen (secondary N) is 1. The van der Waals surface area contributed by atoms with Crippen molar-refractivity contribution in [3.63, 3.8) is 0 Å². The Morgan fingerprint density at radius 1 is 1.26 bits per heavy atom. The smallest absolute Gasteiger partial charge is 0.129 e. The molecule has 1 aliphatic rings. The van der Waals surface area contributed by atoms with Gasteiger partial charge >= 0.3 is 0 Å². The second-order valence-electron chi connectivity index (χ2n) is 4.73. The minimum Gasteiger partial charge on any atom is -0.487 e. The zero-order valence-corrected chi connectivity index (χ0v) is 11.2. The van der Waals surface area contributed by atoms with Crippen LogP contribution in [0.5, 0.6) is 5.75 Å². The third-order valence-corrected chi connectivity index (χ3v) is 3.26. The molecule has 2 rings (SSSR count). The molecule has 1 aliphatic carbocycles. The fourth-order valence-electron chi connectivity index (χ4n) is 2.23. The van der Waals surface area contributed by atoms with Crippen LogP contribution in [0.3, 0.4) is 0 Å². The highest BCUT2D eigenvalue weighted by Crippen LogP contribution is 2.29. The van der Waals surface area contributed by atoms with Crippen molar-refractivity contribution >= 4 is 0 Å². The first-order valence-electron chi connectivity index (χ1n) is 6.55. The number of rotatable bonds is 6. The third-order valence-electron chi connectivity index (χ3n) is 3.26. The molecular weight excluding hydrogens is 252 g/mol. The molecule has 0 aromatic heterocycles. The Hall–Kier alpha value is -1.20. The van der Waals surface area contributed by atoms with Crippen LogP contribution in [0.25, 0.3) is 0 Å². The largest absolute Gasteiger partial charge is 0.487 e. The van der Waals surface area contributed by atoms with E-state index in [0.717, 1.165) is 18.9 Å².